The minimum atomic E-state index is -4.54. The zero-order chi connectivity index (χ0) is 28.4. The molecule has 9 nitrogen and oxygen atoms in total. The van der Waals surface area contributed by atoms with Gasteiger partial charge in [-0.2, -0.15) is 18.3 Å². The topological polar surface area (TPSA) is 118 Å². The molecular weight excluding hydrogens is 541 g/mol. The maximum atomic E-state index is 12.9. The van der Waals surface area contributed by atoms with E-state index in [9.17, 15) is 27.6 Å². The molecule has 204 valence electrons. The van der Waals surface area contributed by atoms with Crippen LogP contribution in [-0.4, -0.2) is 37.1 Å². The number of hydrogen-bond acceptors (Lipinski definition) is 6. The quantitative estimate of drug-likeness (QED) is 0.195. The minimum Gasteiger partial charge on any atom is -0.490 e. The molecule has 0 saturated heterocycles. The molecule has 0 aliphatic heterocycles. The maximum Gasteiger partial charge on any atom is 0.416 e. The molecule has 3 rings (SSSR count). The van der Waals surface area contributed by atoms with Crippen molar-refractivity contribution in [2.24, 2.45) is 5.10 Å². The Hall–Kier alpha value is -4.58. The molecule has 3 aromatic carbocycles. The summed E-state index contributed by atoms with van der Waals surface area (Å²) < 4.78 is 49.6. The highest BCUT2D eigenvalue weighted by atomic mass is 35.5. The van der Waals surface area contributed by atoms with Gasteiger partial charge in [0.2, 0.25) is 0 Å². The highest BCUT2D eigenvalue weighted by molar-refractivity contribution is 6.41. The molecule has 0 atom stereocenters. The molecule has 13 heteroatoms. The Kier molecular flexibility index (Phi) is 9.87. The molecule has 3 aromatic rings. The monoisotopic (exact) mass is 562 g/mol. The van der Waals surface area contributed by atoms with Crippen LogP contribution in [0.4, 0.5) is 24.5 Å². The number of hydrogen-bond donors (Lipinski definition) is 3. The van der Waals surface area contributed by atoms with E-state index in [1.54, 1.807) is 31.2 Å². The minimum absolute atomic E-state index is 0.0300. The van der Waals surface area contributed by atoms with Crippen LogP contribution in [0.25, 0.3) is 0 Å². The second-order valence-electron chi connectivity index (χ2n) is 7.69. The van der Waals surface area contributed by atoms with Crippen molar-refractivity contribution in [1.29, 1.82) is 0 Å². The number of alkyl halides is 3. The molecule has 0 heterocycles. The van der Waals surface area contributed by atoms with Gasteiger partial charge in [-0.3, -0.25) is 14.4 Å². The van der Waals surface area contributed by atoms with Crippen molar-refractivity contribution < 1.29 is 37.0 Å². The largest absolute Gasteiger partial charge is 0.490 e. The van der Waals surface area contributed by atoms with Crippen molar-refractivity contribution in [2.75, 3.05) is 23.8 Å². The third-order valence-corrected chi connectivity index (χ3v) is 5.14. The summed E-state index contributed by atoms with van der Waals surface area (Å²) >= 11 is 5.95. The van der Waals surface area contributed by atoms with E-state index >= 15 is 0 Å². The zero-order valence-corrected chi connectivity index (χ0v) is 21.1. The molecule has 0 unspecified atom stereocenters. The summed E-state index contributed by atoms with van der Waals surface area (Å²) in [4.78, 5) is 36.2. The predicted octanol–water partition coefficient (Wildman–Crippen LogP) is 4.86. The van der Waals surface area contributed by atoms with Crippen molar-refractivity contribution in [3.05, 3.63) is 82.9 Å². The molecular formula is C26H22ClF3N4O5. The van der Waals surface area contributed by atoms with Crippen LogP contribution in [0.15, 0.2) is 71.8 Å². The number of rotatable bonds is 9. The van der Waals surface area contributed by atoms with Gasteiger partial charge in [-0.25, -0.2) is 5.43 Å². The molecule has 39 heavy (non-hydrogen) atoms. The van der Waals surface area contributed by atoms with E-state index in [1.807, 2.05) is 0 Å². The Balaban J connectivity index is 1.57. The predicted molar refractivity (Wildman–Crippen MR) is 139 cm³/mol. The van der Waals surface area contributed by atoms with Crippen LogP contribution in [0.2, 0.25) is 5.02 Å². The van der Waals surface area contributed by atoms with Gasteiger partial charge in [0.15, 0.2) is 18.1 Å². The molecule has 0 radical (unpaired) electrons. The Morgan fingerprint density at radius 2 is 1.69 bits per heavy atom. The normalized spacial score (nSPS) is 11.1. The highest BCUT2D eigenvalue weighted by Crippen LogP contribution is 2.31. The van der Waals surface area contributed by atoms with Crippen LogP contribution in [0.5, 0.6) is 11.5 Å². The standard InChI is InChI=1S/C26H22ClF3N4O5/c1-2-38-22-12-16(14-31-34-25(37)24(36)33-20-9-4-3-8-19(20)27)10-11-21(22)39-15-23(35)32-18-7-5-6-17(13-18)26(28,29)30/h3-14H,2,15H2,1H3,(H,32,35)(H,33,36)(H,34,37)/b31-14+. The lowest BCUT2D eigenvalue weighted by Gasteiger charge is -2.13. The van der Waals surface area contributed by atoms with Crippen LogP contribution in [0, 0.1) is 0 Å². The fourth-order valence-corrected chi connectivity index (χ4v) is 3.25. The second kappa shape index (κ2) is 13.3. The van der Waals surface area contributed by atoms with E-state index < -0.39 is 36.1 Å². The number of hydrazone groups is 1. The Bertz CT molecular complexity index is 1380. The highest BCUT2D eigenvalue weighted by Gasteiger charge is 2.30. The number of anilines is 2. The second-order valence-corrected chi connectivity index (χ2v) is 8.09. The van der Waals surface area contributed by atoms with E-state index in [0.29, 0.717) is 5.56 Å². The van der Waals surface area contributed by atoms with Crippen molar-refractivity contribution in [3.8, 4) is 11.5 Å². The van der Waals surface area contributed by atoms with Gasteiger partial charge in [-0.15, -0.1) is 0 Å². The first-order valence-electron chi connectivity index (χ1n) is 11.3. The molecule has 0 spiro atoms. The van der Waals surface area contributed by atoms with Gasteiger partial charge in [-0.05, 0) is 61.0 Å². The first-order valence-corrected chi connectivity index (χ1v) is 11.7. The molecule has 3 N–H and O–H groups in total. The molecule has 0 bridgehead atoms. The van der Waals surface area contributed by atoms with Crippen LogP contribution in [0.1, 0.15) is 18.1 Å². The van der Waals surface area contributed by atoms with Gasteiger partial charge in [0.25, 0.3) is 5.91 Å². The zero-order valence-electron chi connectivity index (χ0n) is 20.3. The van der Waals surface area contributed by atoms with E-state index in [-0.39, 0.29) is 34.5 Å². The fraction of sp³-hybridized carbons (Fsp3) is 0.154. The first kappa shape index (κ1) is 29.0. The number of carbonyl (C=O) groups excluding carboxylic acids is 3. The van der Waals surface area contributed by atoms with Gasteiger partial charge in [0.05, 0.1) is 29.1 Å². The summed E-state index contributed by atoms with van der Waals surface area (Å²) in [7, 11) is 0. The maximum absolute atomic E-state index is 12.9. The number of nitrogens with zero attached hydrogens (tertiary/aromatic N) is 1. The summed E-state index contributed by atoms with van der Waals surface area (Å²) in [6.07, 6.45) is -3.28. The molecule has 0 aromatic heterocycles. The van der Waals surface area contributed by atoms with Gasteiger partial charge >= 0.3 is 18.0 Å². The van der Waals surface area contributed by atoms with E-state index in [4.69, 9.17) is 21.1 Å². The van der Waals surface area contributed by atoms with E-state index in [1.165, 1.54) is 36.5 Å². The third kappa shape index (κ3) is 8.75. The van der Waals surface area contributed by atoms with E-state index in [2.05, 4.69) is 21.2 Å². The Morgan fingerprint density at radius 3 is 2.41 bits per heavy atom. The lowest BCUT2D eigenvalue weighted by molar-refractivity contribution is -0.137. The summed E-state index contributed by atoms with van der Waals surface area (Å²) in [6, 6.07) is 15.2. The average Bonchev–Trinajstić information content (AvgIpc) is 2.89. The molecule has 0 aliphatic carbocycles. The summed E-state index contributed by atoms with van der Waals surface area (Å²) in [5.74, 6) is -2.24. The Morgan fingerprint density at radius 1 is 0.923 bits per heavy atom. The van der Waals surface area contributed by atoms with Crippen molar-refractivity contribution >= 4 is 46.9 Å². The number of amides is 3. The first-order chi connectivity index (χ1) is 18.6. The molecule has 0 saturated carbocycles. The third-order valence-electron chi connectivity index (χ3n) is 4.81. The summed E-state index contributed by atoms with van der Waals surface area (Å²) in [5, 5.41) is 8.72. The number of nitrogens with one attached hydrogen (secondary N) is 3. The lowest BCUT2D eigenvalue weighted by Crippen LogP contribution is -2.32. The van der Waals surface area contributed by atoms with Gasteiger partial charge < -0.3 is 20.1 Å². The van der Waals surface area contributed by atoms with Crippen LogP contribution >= 0.6 is 11.6 Å². The Labute approximate surface area is 225 Å². The van der Waals surface area contributed by atoms with Gasteiger partial charge in [0.1, 0.15) is 0 Å². The van der Waals surface area contributed by atoms with Crippen LogP contribution in [-0.2, 0) is 20.6 Å². The summed E-state index contributed by atoms with van der Waals surface area (Å²) in [5.41, 5.74) is 1.90. The average molecular weight is 563 g/mol. The number of benzene rings is 3. The number of carbonyl (C=O) groups is 3. The lowest BCUT2D eigenvalue weighted by atomic mass is 10.2. The van der Waals surface area contributed by atoms with Crippen molar-refractivity contribution in [1.82, 2.24) is 5.43 Å². The number of halogens is 4. The smallest absolute Gasteiger partial charge is 0.416 e. The molecule has 3 amide bonds. The van der Waals surface area contributed by atoms with E-state index in [0.717, 1.165) is 12.1 Å². The van der Waals surface area contributed by atoms with Gasteiger partial charge in [-0.1, -0.05) is 29.8 Å². The number of para-hydroxylation sites is 1. The fourth-order valence-electron chi connectivity index (χ4n) is 3.06. The van der Waals surface area contributed by atoms with Crippen molar-refractivity contribution in [2.45, 2.75) is 13.1 Å². The molecule has 0 aliphatic rings. The number of ether oxygens (including phenoxy) is 2. The van der Waals surface area contributed by atoms with Crippen LogP contribution in [0.3, 0.4) is 0 Å². The molecule has 0 fully saturated rings. The van der Waals surface area contributed by atoms with Crippen molar-refractivity contribution in [3.63, 3.8) is 0 Å². The van der Waals surface area contributed by atoms with Crippen LogP contribution < -0.4 is 25.5 Å². The van der Waals surface area contributed by atoms with Gasteiger partial charge in [0, 0.05) is 5.69 Å². The SMILES string of the molecule is CCOc1cc(/C=N/NC(=O)C(=O)Nc2ccccc2Cl)ccc1OCC(=O)Nc1cccc(C(F)(F)F)c1. The summed E-state index contributed by atoms with van der Waals surface area (Å²) in [6.45, 7) is 1.48.